The van der Waals surface area contributed by atoms with Gasteiger partial charge in [0.1, 0.15) is 0 Å². The van der Waals surface area contributed by atoms with Crippen molar-refractivity contribution in [1.29, 1.82) is 0 Å². The predicted molar refractivity (Wildman–Crippen MR) is 130 cm³/mol. The molecular weight excluding hydrogens is 465 g/mol. The number of halogens is 1. The maximum absolute atomic E-state index is 5.90. The van der Waals surface area contributed by atoms with Gasteiger partial charge < -0.3 is 20.7 Å². The van der Waals surface area contributed by atoms with Gasteiger partial charge in [-0.15, -0.1) is 24.0 Å². The zero-order chi connectivity index (χ0) is 19.3. The summed E-state index contributed by atoms with van der Waals surface area (Å²) in [6, 6.07) is 10.3. The summed E-state index contributed by atoms with van der Waals surface area (Å²) in [6.07, 6.45) is 1.22. The van der Waals surface area contributed by atoms with Gasteiger partial charge in [0.05, 0.1) is 19.3 Å². The smallest absolute Gasteiger partial charge is 0.191 e. The molecule has 0 aromatic heterocycles. The van der Waals surface area contributed by atoms with E-state index in [1.54, 1.807) is 0 Å². The average molecular weight is 503 g/mol. The molecule has 160 valence electrons. The SMILES string of the molecule is CCNC(=NCC1CN(CC(C)C)CCO1)NCCCNc1ccccc1.I. The number of hydrogen-bond donors (Lipinski definition) is 3. The summed E-state index contributed by atoms with van der Waals surface area (Å²) in [5, 5.41) is 10.2. The second-order valence-electron chi connectivity index (χ2n) is 7.44. The largest absolute Gasteiger partial charge is 0.385 e. The molecule has 1 heterocycles. The van der Waals surface area contributed by atoms with Crippen LogP contribution in [0, 0.1) is 5.92 Å². The van der Waals surface area contributed by atoms with Crippen LogP contribution in [0.25, 0.3) is 0 Å². The third kappa shape index (κ3) is 10.5. The summed E-state index contributed by atoms with van der Waals surface area (Å²) in [5.41, 5.74) is 1.17. The first-order valence-electron chi connectivity index (χ1n) is 10.3. The molecule has 28 heavy (non-hydrogen) atoms. The van der Waals surface area contributed by atoms with Crippen molar-refractivity contribution >= 4 is 35.6 Å². The molecule has 1 saturated heterocycles. The molecule has 6 nitrogen and oxygen atoms in total. The van der Waals surface area contributed by atoms with Gasteiger partial charge in [-0.2, -0.15) is 0 Å². The highest BCUT2D eigenvalue weighted by Crippen LogP contribution is 2.08. The number of guanidine groups is 1. The van der Waals surface area contributed by atoms with Crippen LogP contribution in [0.5, 0.6) is 0 Å². The Balaban J connectivity index is 0.00000392. The van der Waals surface area contributed by atoms with Gasteiger partial charge in [-0.1, -0.05) is 32.0 Å². The van der Waals surface area contributed by atoms with Crippen molar-refractivity contribution in [1.82, 2.24) is 15.5 Å². The number of ether oxygens (including phenoxy) is 1. The van der Waals surface area contributed by atoms with Gasteiger partial charge in [0.15, 0.2) is 5.96 Å². The monoisotopic (exact) mass is 503 g/mol. The molecule has 7 heteroatoms. The van der Waals surface area contributed by atoms with Crippen LogP contribution >= 0.6 is 24.0 Å². The fourth-order valence-electron chi connectivity index (χ4n) is 3.19. The first-order valence-corrected chi connectivity index (χ1v) is 10.3. The van der Waals surface area contributed by atoms with E-state index >= 15 is 0 Å². The Morgan fingerprint density at radius 2 is 2.00 bits per heavy atom. The Kier molecular flexibility index (Phi) is 13.3. The molecule has 1 fully saturated rings. The van der Waals surface area contributed by atoms with E-state index in [9.17, 15) is 0 Å². The van der Waals surface area contributed by atoms with Crippen molar-refractivity contribution in [2.75, 3.05) is 57.7 Å². The van der Waals surface area contributed by atoms with Crippen molar-refractivity contribution in [2.45, 2.75) is 33.3 Å². The quantitative estimate of drug-likeness (QED) is 0.198. The fourth-order valence-corrected chi connectivity index (χ4v) is 3.19. The van der Waals surface area contributed by atoms with E-state index in [0.29, 0.717) is 12.5 Å². The number of rotatable bonds is 10. The fraction of sp³-hybridized carbons (Fsp3) is 0.667. The summed E-state index contributed by atoms with van der Waals surface area (Å²) in [5.74, 6) is 1.57. The third-order valence-corrected chi connectivity index (χ3v) is 4.39. The van der Waals surface area contributed by atoms with Gasteiger partial charge in [-0.25, -0.2) is 0 Å². The van der Waals surface area contributed by atoms with E-state index in [1.165, 1.54) is 5.69 Å². The summed E-state index contributed by atoms with van der Waals surface area (Å²) in [4.78, 5) is 7.22. The number of morpholine rings is 1. The van der Waals surface area contributed by atoms with Crippen molar-refractivity contribution in [3.8, 4) is 0 Å². The minimum Gasteiger partial charge on any atom is -0.385 e. The Morgan fingerprint density at radius 3 is 2.71 bits per heavy atom. The predicted octanol–water partition coefficient (Wildman–Crippen LogP) is 3.02. The van der Waals surface area contributed by atoms with Crippen LogP contribution in [0.3, 0.4) is 0 Å². The Hall–Kier alpha value is -1.06. The Labute approximate surface area is 187 Å². The van der Waals surface area contributed by atoms with Crippen molar-refractivity contribution < 1.29 is 4.74 Å². The molecule has 1 aliphatic rings. The van der Waals surface area contributed by atoms with Crippen molar-refractivity contribution in [2.24, 2.45) is 10.9 Å². The lowest BCUT2D eigenvalue weighted by atomic mass is 10.2. The molecule has 1 aliphatic heterocycles. The number of benzene rings is 1. The molecule has 1 aromatic rings. The van der Waals surface area contributed by atoms with E-state index < -0.39 is 0 Å². The lowest BCUT2D eigenvalue weighted by molar-refractivity contribution is -0.0261. The van der Waals surface area contributed by atoms with Gasteiger partial charge in [0.2, 0.25) is 0 Å². The zero-order valence-electron chi connectivity index (χ0n) is 17.6. The molecule has 0 aliphatic carbocycles. The lowest BCUT2D eigenvalue weighted by Gasteiger charge is -2.33. The van der Waals surface area contributed by atoms with Gasteiger partial charge in [0, 0.05) is 45.0 Å². The van der Waals surface area contributed by atoms with Crippen LogP contribution in [0.1, 0.15) is 27.2 Å². The third-order valence-electron chi connectivity index (χ3n) is 4.39. The standard InChI is InChI=1S/C21H37N5O.HI/c1-4-22-21(24-12-8-11-23-19-9-6-5-7-10-19)25-15-20-17-26(13-14-27-20)16-18(2)3;/h5-7,9-10,18,20,23H,4,8,11-17H2,1-3H3,(H2,22,24,25);1H. The summed E-state index contributed by atoms with van der Waals surface area (Å²) < 4.78 is 5.90. The van der Waals surface area contributed by atoms with E-state index in [-0.39, 0.29) is 30.1 Å². The topological polar surface area (TPSA) is 60.9 Å². The number of nitrogens with one attached hydrogen (secondary N) is 3. The van der Waals surface area contributed by atoms with Crippen LogP contribution in [0.15, 0.2) is 35.3 Å². The van der Waals surface area contributed by atoms with Gasteiger partial charge in [-0.05, 0) is 31.4 Å². The number of para-hydroxylation sites is 1. The van der Waals surface area contributed by atoms with E-state index in [4.69, 9.17) is 9.73 Å². The second-order valence-corrected chi connectivity index (χ2v) is 7.44. The van der Waals surface area contributed by atoms with Gasteiger partial charge in [0.25, 0.3) is 0 Å². The van der Waals surface area contributed by atoms with Crippen LogP contribution < -0.4 is 16.0 Å². The minimum atomic E-state index is 0. The summed E-state index contributed by atoms with van der Waals surface area (Å²) >= 11 is 0. The van der Waals surface area contributed by atoms with E-state index in [2.05, 4.69) is 53.8 Å². The van der Waals surface area contributed by atoms with Gasteiger partial charge in [-0.3, -0.25) is 9.89 Å². The second kappa shape index (κ2) is 14.9. The van der Waals surface area contributed by atoms with E-state index in [0.717, 1.165) is 58.3 Å². The molecule has 0 amide bonds. The molecule has 1 atom stereocenters. The molecule has 1 aromatic carbocycles. The first kappa shape index (κ1) is 25.0. The van der Waals surface area contributed by atoms with Crippen LogP contribution in [0.2, 0.25) is 0 Å². The molecule has 0 bridgehead atoms. The van der Waals surface area contributed by atoms with E-state index in [1.807, 2.05) is 18.2 Å². The number of nitrogens with zero attached hydrogens (tertiary/aromatic N) is 2. The average Bonchev–Trinajstić information content (AvgIpc) is 2.66. The summed E-state index contributed by atoms with van der Waals surface area (Å²) in [7, 11) is 0. The zero-order valence-corrected chi connectivity index (χ0v) is 19.9. The summed E-state index contributed by atoms with van der Waals surface area (Å²) in [6.45, 7) is 14.0. The van der Waals surface area contributed by atoms with Crippen LogP contribution in [-0.2, 0) is 4.74 Å². The van der Waals surface area contributed by atoms with Crippen LogP contribution in [-0.4, -0.2) is 69.4 Å². The normalized spacial score (nSPS) is 17.9. The minimum absolute atomic E-state index is 0. The molecule has 3 N–H and O–H groups in total. The first-order chi connectivity index (χ1) is 13.2. The molecule has 0 saturated carbocycles. The Bertz CT molecular complexity index is 541. The molecule has 0 spiro atoms. The van der Waals surface area contributed by atoms with Gasteiger partial charge >= 0.3 is 0 Å². The lowest BCUT2D eigenvalue weighted by Crippen LogP contribution is -2.46. The molecule has 0 radical (unpaired) electrons. The molecule has 2 rings (SSSR count). The molecular formula is C21H38IN5O. The number of hydrogen-bond acceptors (Lipinski definition) is 4. The number of aliphatic imine (C=N–C) groups is 1. The highest BCUT2D eigenvalue weighted by atomic mass is 127. The number of anilines is 1. The van der Waals surface area contributed by atoms with Crippen molar-refractivity contribution in [3.63, 3.8) is 0 Å². The maximum Gasteiger partial charge on any atom is 0.191 e. The molecule has 1 unspecified atom stereocenters. The highest BCUT2D eigenvalue weighted by Gasteiger charge is 2.20. The Morgan fingerprint density at radius 1 is 1.21 bits per heavy atom. The van der Waals surface area contributed by atoms with Crippen LogP contribution in [0.4, 0.5) is 5.69 Å². The van der Waals surface area contributed by atoms with Crippen molar-refractivity contribution in [3.05, 3.63) is 30.3 Å². The highest BCUT2D eigenvalue weighted by molar-refractivity contribution is 14.0. The maximum atomic E-state index is 5.90.